The molecule has 128 valence electrons. The molecule has 1 heterocycles. The lowest BCUT2D eigenvalue weighted by Crippen LogP contribution is -2.46. The second kappa shape index (κ2) is 8.73. The van der Waals surface area contributed by atoms with Gasteiger partial charge in [-0.25, -0.2) is 0 Å². The topological polar surface area (TPSA) is 48.9 Å². The third kappa shape index (κ3) is 5.13. The molecule has 1 unspecified atom stereocenters. The van der Waals surface area contributed by atoms with E-state index in [0.29, 0.717) is 11.5 Å². The van der Waals surface area contributed by atoms with Crippen LogP contribution in [0.5, 0.6) is 0 Å². The van der Waals surface area contributed by atoms with E-state index in [-0.39, 0.29) is 0 Å². The molecule has 0 radical (unpaired) electrons. The fraction of sp³-hybridized carbons (Fsp3) is 0.941. The van der Waals surface area contributed by atoms with Crippen LogP contribution in [0.15, 0.2) is 4.99 Å². The Morgan fingerprint density at radius 3 is 2.77 bits per heavy atom. The van der Waals surface area contributed by atoms with Gasteiger partial charge in [-0.3, -0.25) is 9.89 Å². The molecule has 1 saturated carbocycles. The van der Waals surface area contributed by atoms with E-state index >= 15 is 0 Å². The predicted molar refractivity (Wildman–Crippen MR) is 92.4 cm³/mol. The van der Waals surface area contributed by atoms with E-state index < -0.39 is 0 Å². The first-order valence-electron chi connectivity index (χ1n) is 8.99. The zero-order valence-corrected chi connectivity index (χ0v) is 14.7. The van der Waals surface area contributed by atoms with Crippen molar-refractivity contribution in [1.29, 1.82) is 0 Å². The molecule has 2 N–H and O–H groups in total. The van der Waals surface area contributed by atoms with Crippen LogP contribution in [0.4, 0.5) is 0 Å². The van der Waals surface area contributed by atoms with E-state index in [1.54, 1.807) is 0 Å². The Bertz CT molecular complexity index is 355. The Morgan fingerprint density at radius 2 is 2.14 bits per heavy atom. The Hall–Kier alpha value is -0.810. The van der Waals surface area contributed by atoms with Gasteiger partial charge >= 0.3 is 0 Å². The Balaban J connectivity index is 1.67. The maximum absolute atomic E-state index is 5.50. The number of likely N-dealkylation sites (N-methyl/N-ethyl adjacent to an activating group) is 1. The molecule has 0 bridgehead atoms. The lowest BCUT2D eigenvalue weighted by atomic mass is 10.0. The van der Waals surface area contributed by atoms with Crippen LogP contribution < -0.4 is 10.6 Å². The maximum atomic E-state index is 5.50. The van der Waals surface area contributed by atoms with Crippen LogP contribution in [0.1, 0.15) is 46.0 Å². The van der Waals surface area contributed by atoms with E-state index in [0.717, 1.165) is 45.2 Å². The van der Waals surface area contributed by atoms with Gasteiger partial charge in [-0.2, -0.15) is 0 Å². The number of likely N-dealkylation sites (tertiary alicyclic amines) is 1. The van der Waals surface area contributed by atoms with Crippen LogP contribution in [0, 0.1) is 5.41 Å². The number of hydrogen-bond donors (Lipinski definition) is 2. The molecule has 2 aliphatic rings. The van der Waals surface area contributed by atoms with E-state index in [1.165, 1.54) is 32.2 Å². The summed E-state index contributed by atoms with van der Waals surface area (Å²) in [6.45, 7) is 10.4. The number of nitrogens with one attached hydrogen (secondary N) is 2. The van der Waals surface area contributed by atoms with Crippen LogP contribution in [0.2, 0.25) is 0 Å². The predicted octanol–water partition coefficient (Wildman–Crippen LogP) is 1.84. The minimum atomic E-state index is 0.454. The Morgan fingerprint density at radius 1 is 1.32 bits per heavy atom. The summed E-state index contributed by atoms with van der Waals surface area (Å²) >= 11 is 0. The third-order valence-electron chi connectivity index (χ3n) is 5.20. The average Bonchev–Trinajstić information content (AvgIpc) is 3.15. The number of rotatable bonds is 9. The smallest absolute Gasteiger partial charge is 0.191 e. The second-order valence-corrected chi connectivity index (χ2v) is 6.68. The quantitative estimate of drug-likeness (QED) is 0.388. The fourth-order valence-corrected chi connectivity index (χ4v) is 3.37. The summed E-state index contributed by atoms with van der Waals surface area (Å²) in [5.41, 5.74) is 0.454. The molecule has 1 aliphatic heterocycles. The maximum Gasteiger partial charge on any atom is 0.191 e. The van der Waals surface area contributed by atoms with Crippen molar-refractivity contribution in [3.8, 4) is 0 Å². The van der Waals surface area contributed by atoms with Crippen molar-refractivity contribution in [2.75, 3.05) is 46.4 Å². The largest absolute Gasteiger partial charge is 0.382 e. The highest BCUT2D eigenvalue weighted by molar-refractivity contribution is 5.79. The van der Waals surface area contributed by atoms with Gasteiger partial charge in [0.15, 0.2) is 5.96 Å². The summed E-state index contributed by atoms with van der Waals surface area (Å²) in [6.07, 6.45) is 6.42. The monoisotopic (exact) mass is 310 g/mol. The van der Waals surface area contributed by atoms with Crippen molar-refractivity contribution in [1.82, 2.24) is 15.5 Å². The van der Waals surface area contributed by atoms with Crippen molar-refractivity contribution in [2.45, 2.75) is 52.0 Å². The molecule has 0 aromatic heterocycles. The van der Waals surface area contributed by atoms with Crippen LogP contribution in [0.3, 0.4) is 0 Å². The van der Waals surface area contributed by atoms with Crippen LogP contribution in [-0.4, -0.2) is 63.3 Å². The number of hydrogen-bond acceptors (Lipinski definition) is 3. The van der Waals surface area contributed by atoms with Gasteiger partial charge in [0, 0.05) is 39.4 Å². The first-order valence-corrected chi connectivity index (χ1v) is 8.99. The average molecular weight is 310 g/mol. The first kappa shape index (κ1) is 17.5. The molecule has 0 amide bonds. The van der Waals surface area contributed by atoms with Gasteiger partial charge in [-0.15, -0.1) is 0 Å². The highest BCUT2D eigenvalue weighted by atomic mass is 16.5. The minimum absolute atomic E-state index is 0.454. The lowest BCUT2D eigenvalue weighted by Gasteiger charge is -2.24. The fourth-order valence-electron chi connectivity index (χ4n) is 3.37. The summed E-state index contributed by atoms with van der Waals surface area (Å²) in [4.78, 5) is 6.93. The molecule has 1 saturated heterocycles. The molecule has 0 spiro atoms. The van der Waals surface area contributed by atoms with E-state index in [2.05, 4.69) is 34.4 Å². The van der Waals surface area contributed by atoms with Crippen LogP contribution >= 0.6 is 0 Å². The second-order valence-electron chi connectivity index (χ2n) is 6.68. The normalized spacial score (nSPS) is 24.5. The number of guanidine groups is 1. The summed E-state index contributed by atoms with van der Waals surface area (Å²) in [5.74, 6) is 0.950. The van der Waals surface area contributed by atoms with Gasteiger partial charge in [-0.05, 0) is 57.5 Å². The first-order chi connectivity index (χ1) is 10.7. The summed E-state index contributed by atoms with van der Waals surface area (Å²) in [5, 5.41) is 7.03. The molecule has 1 atom stereocenters. The van der Waals surface area contributed by atoms with Gasteiger partial charge in [0.2, 0.25) is 0 Å². The highest BCUT2D eigenvalue weighted by Gasteiger charge is 2.42. The lowest BCUT2D eigenvalue weighted by molar-refractivity contribution is 0.128. The van der Waals surface area contributed by atoms with Crippen molar-refractivity contribution >= 4 is 5.96 Å². The van der Waals surface area contributed by atoms with E-state index in [4.69, 9.17) is 4.74 Å². The molecule has 5 nitrogen and oxygen atoms in total. The highest BCUT2D eigenvalue weighted by Crippen LogP contribution is 2.48. The molecule has 5 heteroatoms. The van der Waals surface area contributed by atoms with Crippen molar-refractivity contribution in [3.63, 3.8) is 0 Å². The number of ether oxygens (including phenoxy) is 1. The van der Waals surface area contributed by atoms with Gasteiger partial charge in [-0.1, -0.05) is 6.92 Å². The van der Waals surface area contributed by atoms with E-state index in [9.17, 15) is 0 Å². The van der Waals surface area contributed by atoms with Gasteiger partial charge in [0.25, 0.3) is 0 Å². The van der Waals surface area contributed by atoms with Crippen LogP contribution in [0.25, 0.3) is 0 Å². The zero-order valence-electron chi connectivity index (χ0n) is 14.7. The van der Waals surface area contributed by atoms with Crippen LogP contribution in [-0.2, 0) is 4.74 Å². The molecule has 2 fully saturated rings. The van der Waals surface area contributed by atoms with E-state index in [1.807, 2.05) is 7.05 Å². The number of nitrogens with zero attached hydrogens (tertiary/aromatic N) is 2. The molecule has 1 aliphatic carbocycles. The third-order valence-corrected chi connectivity index (χ3v) is 5.20. The molecule has 2 rings (SSSR count). The standard InChI is InChI=1S/C17H34N4O/c1-4-21-11-6-7-15(21)13-19-16(18-3)20-14-17(8-9-17)10-12-22-5-2/h15H,4-14H2,1-3H3,(H2,18,19,20). The summed E-state index contributed by atoms with van der Waals surface area (Å²) in [7, 11) is 1.86. The molecule has 22 heavy (non-hydrogen) atoms. The molecule has 0 aromatic rings. The Labute approximate surface area is 135 Å². The Kier molecular flexibility index (Phi) is 6.96. The summed E-state index contributed by atoms with van der Waals surface area (Å²) < 4.78 is 5.50. The van der Waals surface area contributed by atoms with Crippen molar-refractivity contribution in [2.24, 2.45) is 10.4 Å². The number of aliphatic imine (C=N–C) groups is 1. The van der Waals surface area contributed by atoms with Crippen molar-refractivity contribution < 1.29 is 4.74 Å². The van der Waals surface area contributed by atoms with Gasteiger partial charge < -0.3 is 15.4 Å². The van der Waals surface area contributed by atoms with Crippen molar-refractivity contribution in [3.05, 3.63) is 0 Å². The zero-order chi connectivity index (χ0) is 15.8. The molecular weight excluding hydrogens is 276 g/mol. The molecule has 0 aromatic carbocycles. The van der Waals surface area contributed by atoms with Gasteiger partial charge in [0.1, 0.15) is 0 Å². The molecular formula is C17H34N4O. The SMILES string of the molecule is CCOCCC1(CNC(=NC)NCC2CCCN2CC)CC1. The minimum Gasteiger partial charge on any atom is -0.382 e. The van der Waals surface area contributed by atoms with Gasteiger partial charge in [0.05, 0.1) is 0 Å². The summed E-state index contributed by atoms with van der Waals surface area (Å²) in [6, 6.07) is 0.663.